The highest BCUT2D eigenvalue weighted by Crippen LogP contribution is 2.26. The van der Waals surface area contributed by atoms with Gasteiger partial charge in [0.1, 0.15) is 12.6 Å². The van der Waals surface area contributed by atoms with Crippen LogP contribution >= 0.6 is 0 Å². The summed E-state index contributed by atoms with van der Waals surface area (Å²) in [5, 5.41) is 2.69. The third-order valence-electron chi connectivity index (χ3n) is 6.82. The molecule has 2 amide bonds. The van der Waals surface area contributed by atoms with Gasteiger partial charge in [-0.3, -0.25) is 13.9 Å². The Kier molecular flexibility index (Phi) is 9.56. The minimum absolute atomic E-state index is 0.104. The Hall–Kier alpha value is -3.65. The lowest BCUT2D eigenvalue weighted by Gasteiger charge is -2.33. The molecule has 39 heavy (non-hydrogen) atoms. The molecule has 0 aliphatic carbocycles. The number of sulfonamides is 1. The van der Waals surface area contributed by atoms with Gasteiger partial charge in [0.2, 0.25) is 21.8 Å². The third kappa shape index (κ3) is 7.93. The summed E-state index contributed by atoms with van der Waals surface area (Å²) < 4.78 is 26.9. The fraction of sp³-hybridized carbons (Fsp3) is 0.355. The van der Waals surface area contributed by atoms with Crippen LogP contribution in [0.2, 0.25) is 0 Å². The number of nitrogens with zero attached hydrogens (tertiary/aromatic N) is 2. The van der Waals surface area contributed by atoms with E-state index in [1.54, 1.807) is 12.1 Å². The molecule has 0 fully saturated rings. The van der Waals surface area contributed by atoms with Gasteiger partial charge in [-0.15, -0.1) is 0 Å². The minimum atomic E-state index is -3.80. The molecular weight excluding hydrogens is 510 g/mol. The second kappa shape index (κ2) is 12.5. The molecule has 0 spiro atoms. The van der Waals surface area contributed by atoms with Crippen LogP contribution < -0.4 is 9.62 Å². The fourth-order valence-corrected chi connectivity index (χ4v) is 5.28. The van der Waals surface area contributed by atoms with Crippen LogP contribution in [0.25, 0.3) is 0 Å². The van der Waals surface area contributed by atoms with Crippen molar-refractivity contribution < 1.29 is 18.0 Å². The van der Waals surface area contributed by atoms with Crippen LogP contribution in [0.5, 0.6) is 0 Å². The molecule has 3 rings (SSSR count). The molecular formula is C31H39N3O4S. The first-order chi connectivity index (χ1) is 18.3. The zero-order valence-electron chi connectivity index (χ0n) is 23.6. The summed E-state index contributed by atoms with van der Waals surface area (Å²) in [5.74, 6) is -0.783. The number of hydrogen-bond acceptors (Lipinski definition) is 4. The molecule has 0 unspecified atom stereocenters. The number of hydrogen-bond donors (Lipinski definition) is 1. The summed E-state index contributed by atoms with van der Waals surface area (Å²) in [6.45, 7) is 7.92. The zero-order valence-corrected chi connectivity index (χ0v) is 24.5. The summed E-state index contributed by atoms with van der Waals surface area (Å²) in [6, 6.07) is 23.5. The van der Waals surface area contributed by atoms with E-state index < -0.39 is 28.5 Å². The van der Waals surface area contributed by atoms with Crippen molar-refractivity contribution in [3.05, 3.63) is 101 Å². The Morgan fingerprint density at radius 3 is 2.03 bits per heavy atom. The Bertz CT molecular complexity index is 1380. The van der Waals surface area contributed by atoms with Gasteiger partial charge in [-0.1, -0.05) is 87.5 Å². The summed E-state index contributed by atoms with van der Waals surface area (Å²) in [4.78, 5) is 28.7. The largest absolute Gasteiger partial charge is 0.357 e. The Morgan fingerprint density at radius 1 is 0.897 bits per heavy atom. The Labute approximate surface area is 232 Å². The highest BCUT2D eigenvalue weighted by Gasteiger charge is 2.33. The van der Waals surface area contributed by atoms with Crippen molar-refractivity contribution in [2.75, 3.05) is 24.2 Å². The van der Waals surface area contributed by atoms with Crippen molar-refractivity contribution in [3.63, 3.8) is 0 Å². The van der Waals surface area contributed by atoms with Crippen molar-refractivity contribution in [3.8, 4) is 0 Å². The first-order valence-corrected chi connectivity index (χ1v) is 14.8. The average Bonchev–Trinajstić information content (AvgIpc) is 2.89. The lowest BCUT2D eigenvalue weighted by molar-refractivity contribution is -0.139. The molecule has 0 aliphatic rings. The molecule has 3 aromatic carbocycles. The van der Waals surface area contributed by atoms with Crippen LogP contribution in [0.3, 0.4) is 0 Å². The second-order valence-electron chi connectivity index (χ2n) is 10.8. The summed E-state index contributed by atoms with van der Waals surface area (Å²) >= 11 is 0. The number of aryl methyl sites for hydroxylation is 1. The van der Waals surface area contributed by atoms with Crippen LogP contribution in [0.15, 0.2) is 78.9 Å². The van der Waals surface area contributed by atoms with Crippen LogP contribution in [0, 0.1) is 6.92 Å². The predicted molar refractivity (Wildman–Crippen MR) is 157 cm³/mol. The SMILES string of the molecule is CNC(=O)[C@@H](Cc1ccccc1)N(Cc1ccccc1C)C(=O)CN(c1ccc(C(C)(C)C)cc1)S(C)(=O)=O. The van der Waals surface area contributed by atoms with Crippen molar-refractivity contribution in [1.29, 1.82) is 0 Å². The first-order valence-electron chi connectivity index (χ1n) is 13.0. The smallest absolute Gasteiger partial charge is 0.244 e. The molecule has 8 heteroatoms. The van der Waals surface area contributed by atoms with Gasteiger partial charge in [0.15, 0.2) is 0 Å². The Morgan fingerprint density at radius 2 is 1.49 bits per heavy atom. The quantitative estimate of drug-likeness (QED) is 0.405. The molecule has 1 atom stereocenters. The number of benzene rings is 3. The van der Waals surface area contributed by atoms with E-state index >= 15 is 0 Å². The van der Waals surface area contributed by atoms with Crippen LogP contribution in [-0.2, 0) is 38.0 Å². The molecule has 3 aromatic rings. The fourth-order valence-electron chi connectivity index (χ4n) is 4.43. The summed E-state index contributed by atoms with van der Waals surface area (Å²) in [7, 11) is -2.26. The van der Waals surface area contributed by atoms with Crippen molar-refractivity contribution >= 4 is 27.5 Å². The van der Waals surface area contributed by atoms with Gasteiger partial charge in [-0.2, -0.15) is 0 Å². The van der Waals surface area contributed by atoms with Gasteiger partial charge in [0.25, 0.3) is 0 Å². The van der Waals surface area contributed by atoms with Gasteiger partial charge in [-0.25, -0.2) is 8.42 Å². The standard InChI is InChI=1S/C31H39N3O4S/c1-23-12-10-11-15-25(23)21-33(28(30(36)32-5)20-24-13-8-7-9-14-24)29(35)22-34(39(6,37)38)27-18-16-26(17-19-27)31(2,3)4/h7-19,28H,20-22H2,1-6H3,(H,32,36)/t28-/m1/s1. The third-order valence-corrected chi connectivity index (χ3v) is 7.96. The maximum atomic E-state index is 14.0. The van der Waals surface area contributed by atoms with E-state index in [2.05, 4.69) is 26.1 Å². The van der Waals surface area contributed by atoms with Gasteiger partial charge < -0.3 is 10.2 Å². The van der Waals surface area contributed by atoms with Crippen molar-refractivity contribution in [1.82, 2.24) is 10.2 Å². The maximum absolute atomic E-state index is 14.0. The number of rotatable bonds is 10. The molecule has 0 aliphatic heterocycles. The molecule has 7 nitrogen and oxygen atoms in total. The lowest BCUT2D eigenvalue weighted by atomic mass is 9.87. The van der Waals surface area contributed by atoms with E-state index in [9.17, 15) is 18.0 Å². The number of likely N-dealkylation sites (N-methyl/N-ethyl adjacent to an activating group) is 1. The molecule has 208 valence electrons. The van der Waals surface area contributed by atoms with E-state index in [0.29, 0.717) is 5.69 Å². The predicted octanol–water partition coefficient (Wildman–Crippen LogP) is 4.44. The molecule has 0 saturated heterocycles. The van der Waals surface area contributed by atoms with Gasteiger partial charge >= 0.3 is 0 Å². The van der Waals surface area contributed by atoms with Gasteiger partial charge in [0.05, 0.1) is 11.9 Å². The second-order valence-corrected chi connectivity index (χ2v) is 12.7. The summed E-state index contributed by atoms with van der Waals surface area (Å²) in [5.41, 5.74) is 4.10. The van der Waals surface area contributed by atoms with Gasteiger partial charge in [0, 0.05) is 20.0 Å². The number of nitrogens with one attached hydrogen (secondary N) is 1. The molecule has 0 saturated carbocycles. The lowest BCUT2D eigenvalue weighted by Crippen LogP contribution is -2.53. The molecule has 1 N–H and O–H groups in total. The number of amides is 2. The highest BCUT2D eigenvalue weighted by atomic mass is 32.2. The van der Waals surface area contributed by atoms with Crippen LogP contribution in [0.1, 0.15) is 43.0 Å². The average molecular weight is 550 g/mol. The topological polar surface area (TPSA) is 86.8 Å². The monoisotopic (exact) mass is 549 g/mol. The number of carbonyl (C=O) groups excluding carboxylic acids is 2. The number of carbonyl (C=O) groups is 2. The van der Waals surface area contributed by atoms with Crippen LogP contribution in [-0.4, -0.2) is 51.0 Å². The van der Waals surface area contributed by atoms with E-state index in [1.807, 2.05) is 73.7 Å². The van der Waals surface area contributed by atoms with E-state index in [-0.39, 0.29) is 24.3 Å². The zero-order chi connectivity index (χ0) is 28.8. The minimum Gasteiger partial charge on any atom is -0.357 e. The van der Waals surface area contributed by atoms with Gasteiger partial charge in [-0.05, 0) is 46.7 Å². The molecule has 0 heterocycles. The maximum Gasteiger partial charge on any atom is 0.244 e. The van der Waals surface area contributed by atoms with E-state index in [0.717, 1.165) is 32.8 Å². The highest BCUT2D eigenvalue weighted by molar-refractivity contribution is 7.92. The molecule has 0 radical (unpaired) electrons. The van der Waals surface area contributed by atoms with E-state index in [1.165, 1.54) is 11.9 Å². The van der Waals surface area contributed by atoms with E-state index in [4.69, 9.17) is 0 Å². The normalized spacial score (nSPS) is 12.5. The van der Waals surface area contributed by atoms with Crippen LogP contribution in [0.4, 0.5) is 5.69 Å². The molecule has 0 bridgehead atoms. The summed E-state index contributed by atoms with van der Waals surface area (Å²) in [6.07, 6.45) is 1.38. The van der Waals surface area contributed by atoms with Crippen molar-refractivity contribution in [2.45, 2.75) is 52.1 Å². The molecule has 0 aromatic heterocycles. The van der Waals surface area contributed by atoms with Crippen molar-refractivity contribution in [2.24, 2.45) is 0 Å². The number of anilines is 1. The first kappa shape index (κ1) is 29.9. The Balaban J connectivity index is 2.03.